The lowest BCUT2D eigenvalue weighted by molar-refractivity contribution is -0.142. The Hall–Kier alpha value is -2.73. The predicted molar refractivity (Wildman–Crippen MR) is 121 cm³/mol. The summed E-state index contributed by atoms with van der Waals surface area (Å²) in [6.45, 7) is 4.63. The van der Waals surface area contributed by atoms with Crippen LogP contribution in [-0.4, -0.2) is 72.0 Å². The Morgan fingerprint density at radius 3 is 2.18 bits per heavy atom. The first-order chi connectivity index (χ1) is 15.6. The molecule has 1 aliphatic heterocycles. The highest BCUT2D eigenvalue weighted by Crippen LogP contribution is 2.09. The molecule has 0 saturated carbocycles. The van der Waals surface area contributed by atoms with Crippen LogP contribution in [0.4, 0.5) is 0 Å². The molecule has 188 valence electrons. The number of carboxylic acids is 1. The van der Waals surface area contributed by atoms with Crippen LogP contribution >= 0.6 is 0 Å². The number of carbonyl (C=O) groups is 5. The number of nitrogens with two attached hydrogens (primary N) is 2. The lowest BCUT2D eigenvalue weighted by Crippen LogP contribution is -2.58. The number of unbranched alkanes of at least 4 members (excludes halogenated alkanes) is 1. The summed E-state index contributed by atoms with van der Waals surface area (Å²) >= 11 is 0. The number of rotatable bonds is 15. The minimum Gasteiger partial charge on any atom is -0.480 e. The van der Waals surface area contributed by atoms with Gasteiger partial charge in [-0.05, 0) is 57.5 Å². The summed E-state index contributed by atoms with van der Waals surface area (Å²) in [6, 6.07) is -3.64. The topological polar surface area (TPSA) is 206 Å². The number of carboxylic acid groups (broad SMARTS) is 1. The van der Waals surface area contributed by atoms with Gasteiger partial charge in [0.25, 0.3) is 0 Å². The maximum absolute atomic E-state index is 13.0. The summed E-state index contributed by atoms with van der Waals surface area (Å²) in [4.78, 5) is 61.0. The van der Waals surface area contributed by atoms with Crippen molar-refractivity contribution in [3.8, 4) is 0 Å². The molecule has 0 aromatic carbocycles. The van der Waals surface area contributed by atoms with Crippen LogP contribution in [-0.2, 0) is 24.0 Å². The summed E-state index contributed by atoms with van der Waals surface area (Å²) in [7, 11) is 0. The number of nitrogens with one attached hydrogen (secondary N) is 4. The van der Waals surface area contributed by atoms with E-state index >= 15 is 0 Å². The molecule has 0 radical (unpaired) electrons. The van der Waals surface area contributed by atoms with Crippen LogP contribution in [0, 0.1) is 5.92 Å². The van der Waals surface area contributed by atoms with Crippen LogP contribution in [0.3, 0.4) is 0 Å². The third kappa shape index (κ3) is 10.2. The second-order valence-corrected chi connectivity index (χ2v) is 8.63. The third-order valence-electron chi connectivity index (χ3n) is 5.50. The van der Waals surface area contributed by atoms with E-state index in [0.717, 1.165) is 13.0 Å². The third-order valence-corrected chi connectivity index (χ3v) is 5.50. The van der Waals surface area contributed by atoms with Gasteiger partial charge in [0.1, 0.15) is 18.1 Å². The zero-order valence-electron chi connectivity index (χ0n) is 19.4. The number of amides is 4. The van der Waals surface area contributed by atoms with Gasteiger partial charge in [-0.3, -0.25) is 19.2 Å². The van der Waals surface area contributed by atoms with Crippen molar-refractivity contribution >= 4 is 29.6 Å². The van der Waals surface area contributed by atoms with Gasteiger partial charge in [-0.1, -0.05) is 13.8 Å². The number of hydrogen-bond donors (Lipinski definition) is 7. The Morgan fingerprint density at radius 1 is 1.00 bits per heavy atom. The van der Waals surface area contributed by atoms with Crippen molar-refractivity contribution in [1.82, 2.24) is 21.3 Å². The zero-order valence-corrected chi connectivity index (χ0v) is 19.4. The fourth-order valence-electron chi connectivity index (χ4n) is 3.54. The van der Waals surface area contributed by atoms with E-state index in [1.807, 2.05) is 0 Å². The first-order valence-electron chi connectivity index (χ1n) is 11.4. The van der Waals surface area contributed by atoms with E-state index in [0.29, 0.717) is 25.8 Å². The molecular formula is C21H38N6O6. The minimum absolute atomic E-state index is 0.106. The van der Waals surface area contributed by atoms with Gasteiger partial charge < -0.3 is 37.8 Å². The lowest BCUT2D eigenvalue weighted by Gasteiger charge is -2.27. The molecule has 1 heterocycles. The molecule has 1 rings (SSSR count). The molecule has 33 heavy (non-hydrogen) atoms. The van der Waals surface area contributed by atoms with E-state index in [1.165, 1.54) is 0 Å². The normalized spacial score (nSPS) is 18.2. The molecule has 1 aliphatic rings. The van der Waals surface area contributed by atoms with E-state index < -0.39 is 41.8 Å². The molecule has 1 saturated heterocycles. The molecule has 4 unspecified atom stereocenters. The van der Waals surface area contributed by atoms with Crippen LogP contribution in [0.5, 0.6) is 0 Å². The molecule has 12 nitrogen and oxygen atoms in total. The molecule has 0 bridgehead atoms. The average molecular weight is 471 g/mol. The molecule has 0 spiro atoms. The minimum atomic E-state index is -1.21. The molecule has 4 amide bonds. The molecule has 12 heteroatoms. The Labute approximate surface area is 194 Å². The molecule has 9 N–H and O–H groups in total. The van der Waals surface area contributed by atoms with Gasteiger partial charge >= 0.3 is 5.97 Å². The fraction of sp³-hybridized carbons (Fsp3) is 0.762. The highest BCUT2D eigenvalue weighted by Gasteiger charge is 2.32. The Bertz CT molecular complexity index is 695. The van der Waals surface area contributed by atoms with Gasteiger partial charge in [-0.25, -0.2) is 4.79 Å². The molecular weight excluding hydrogens is 432 g/mol. The van der Waals surface area contributed by atoms with E-state index in [1.54, 1.807) is 13.8 Å². The van der Waals surface area contributed by atoms with E-state index in [9.17, 15) is 29.1 Å². The van der Waals surface area contributed by atoms with Crippen molar-refractivity contribution in [2.45, 2.75) is 83.0 Å². The van der Waals surface area contributed by atoms with E-state index in [4.69, 9.17) is 11.5 Å². The van der Waals surface area contributed by atoms with E-state index in [-0.39, 0.29) is 37.1 Å². The Balaban J connectivity index is 2.88. The van der Waals surface area contributed by atoms with Gasteiger partial charge in [0, 0.05) is 6.42 Å². The van der Waals surface area contributed by atoms with Crippen LogP contribution in [0.25, 0.3) is 0 Å². The SMILES string of the molecule is CC(C)C(NC(=O)C1CCCN1)C(=O)NC(CCC(N)=O)C(=O)NC(CCCCN)C(=O)O. The van der Waals surface area contributed by atoms with Crippen LogP contribution in [0.15, 0.2) is 0 Å². The highest BCUT2D eigenvalue weighted by molar-refractivity contribution is 5.94. The predicted octanol–water partition coefficient (Wildman–Crippen LogP) is -1.67. The molecule has 0 aromatic rings. The standard InChI is InChI=1S/C21H38N6O6/c1-12(2)17(27-18(29)13-7-5-11-24-13)20(31)25-14(8-9-16(23)28)19(30)26-15(21(32)33)6-3-4-10-22/h12-15,17,24H,3-11,22H2,1-2H3,(H2,23,28)(H,25,31)(H,26,30)(H,27,29)(H,32,33). The Kier molecular flexibility index (Phi) is 12.4. The second kappa shape index (κ2) is 14.4. The molecule has 1 fully saturated rings. The molecule has 0 aromatic heterocycles. The summed E-state index contributed by atoms with van der Waals surface area (Å²) in [5.41, 5.74) is 10.6. The average Bonchev–Trinajstić information content (AvgIpc) is 3.28. The van der Waals surface area contributed by atoms with Crippen molar-refractivity contribution in [2.24, 2.45) is 17.4 Å². The fourth-order valence-corrected chi connectivity index (χ4v) is 3.54. The summed E-state index contributed by atoms with van der Waals surface area (Å²) < 4.78 is 0. The van der Waals surface area contributed by atoms with Crippen molar-refractivity contribution in [1.29, 1.82) is 0 Å². The number of aliphatic carboxylic acids is 1. The van der Waals surface area contributed by atoms with Gasteiger partial charge in [-0.15, -0.1) is 0 Å². The van der Waals surface area contributed by atoms with Crippen LogP contribution in [0.1, 0.15) is 58.8 Å². The van der Waals surface area contributed by atoms with Crippen molar-refractivity contribution in [2.75, 3.05) is 13.1 Å². The largest absolute Gasteiger partial charge is 0.480 e. The van der Waals surface area contributed by atoms with Gasteiger partial charge in [0.2, 0.25) is 23.6 Å². The smallest absolute Gasteiger partial charge is 0.326 e. The van der Waals surface area contributed by atoms with Crippen LogP contribution < -0.4 is 32.7 Å². The lowest BCUT2D eigenvalue weighted by atomic mass is 10.0. The quantitative estimate of drug-likeness (QED) is 0.137. The first-order valence-corrected chi connectivity index (χ1v) is 11.4. The summed E-state index contributed by atoms with van der Waals surface area (Å²) in [5, 5.41) is 20.2. The summed E-state index contributed by atoms with van der Waals surface area (Å²) in [6.07, 6.45) is 2.52. The zero-order chi connectivity index (χ0) is 25.0. The summed E-state index contributed by atoms with van der Waals surface area (Å²) in [5.74, 6) is -3.80. The number of hydrogen-bond acceptors (Lipinski definition) is 7. The molecule has 0 aliphatic carbocycles. The van der Waals surface area contributed by atoms with Crippen molar-refractivity contribution in [3.05, 3.63) is 0 Å². The van der Waals surface area contributed by atoms with Gasteiger partial charge in [0.05, 0.1) is 6.04 Å². The Morgan fingerprint density at radius 2 is 1.67 bits per heavy atom. The van der Waals surface area contributed by atoms with Crippen LogP contribution in [0.2, 0.25) is 0 Å². The molecule has 4 atom stereocenters. The first kappa shape index (κ1) is 28.3. The van der Waals surface area contributed by atoms with Crippen molar-refractivity contribution in [3.63, 3.8) is 0 Å². The monoisotopic (exact) mass is 470 g/mol. The maximum atomic E-state index is 13.0. The highest BCUT2D eigenvalue weighted by atomic mass is 16.4. The maximum Gasteiger partial charge on any atom is 0.326 e. The second-order valence-electron chi connectivity index (χ2n) is 8.63. The number of primary amides is 1. The van der Waals surface area contributed by atoms with E-state index in [2.05, 4.69) is 21.3 Å². The van der Waals surface area contributed by atoms with Crippen molar-refractivity contribution < 1.29 is 29.1 Å². The van der Waals surface area contributed by atoms with Gasteiger partial charge in [0.15, 0.2) is 0 Å². The number of carbonyl (C=O) groups excluding carboxylic acids is 4. The van der Waals surface area contributed by atoms with Gasteiger partial charge in [-0.2, -0.15) is 0 Å².